The number of amides is 2. The molecule has 1 fully saturated rings. The van der Waals surface area contributed by atoms with Gasteiger partial charge in [0.25, 0.3) is 5.91 Å². The normalized spacial score (nSPS) is 23.5. The highest BCUT2D eigenvalue weighted by Crippen LogP contribution is 2.40. The number of hydrogen-bond acceptors (Lipinski definition) is 3. The molecule has 3 rings (SSSR count). The molecule has 96 valence electrons. The maximum absolute atomic E-state index is 12.2. The summed E-state index contributed by atoms with van der Waals surface area (Å²) in [5.41, 5.74) is 1.09. The third-order valence-corrected chi connectivity index (χ3v) is 3.64. The second-order valence-corrected chi connectivity index (χ2v) is 4.95. The zero-order chi connectivity index (χ0) is 12.7. The Morgan fingerprint density at radius 2 is 2.22 bits per heavy atom. The number of fused-ring (bicyclic) bond motifs is 1. The summed E-state index contributed by atoms with van der Waals surface area (Å²) in [7, 11) is 1.73. The standard InChI is InChI=1S/C12H16N4O2/c1-15-11-6-10(8-2-3-8)14-16(11)5-4-9(12(15)18)13-7-17/h6-9H,2-5H2,1H3,(H,13,17). The summed E-state index contributed by atoms with van der Waals surface area (Å²) in [5.74, 6) is 1.33. The van der Waals surface area contributed by atoms with Gasteiger partial charge in [-0.1, -0.05) is 0 Å². The molecule has 6 nitrogen and oxygen atoms in total. The maximum Gasteiger partial charge on any atom is 0.250 e. The lowest BCUT2D eigenvalue weighted by Gasteiger charge is -2.18. The first-order valence-electron chi connectivity index (χ1n) is 6.25. The number of carbonyl (C=O) groups is 2. The maximum atomic E-state index is 12.2. The van der Waals surface area contributed by atoms with Crippen LogP contribution in [0.25, 0.3) is 0 Å². The molecule has 1 saturated carbocycles. The van der Waals surface area contributed by atoms with Crippen molar-refractivity contribution in [3.8, 4) is 0 Å². The third kappa shape index (κ3) is 1.77. The number of carbonyl (C=O) groups excluding carboxylic acids is 2. The zero-order valence-corrected chi connectivity index (χ0v) is 10.3. The van der Waals surface area contributed by atoms with E-state index in [-0.39, 0.29) is 5.91 Å². The monoisotopic (exact) mass is 248 g/mol. The van der Waals surface area contributed by atoms with Crippen molar-refractivity contribution in [2.24, 2.45) is 0 Å². The summed E-state index contributed by atoms with van der Waals surface area (Å²) < 4.78 is 1.87. The predicted octanol–water partition coefficient (Wildman–Crippen LogP) is 0.242. The van der Waals surface area contributed by atoms with Gasteiger partial charge in [0.05, 0.1) is 5.69 Å². The highest BCUT2D eigenvalue weighted by molar-refractivity contribution is 5.97. The summed E-state index contributed by atoms with van der Waals surface area (Å²) in [5, 5.41) is 7.13. The number of aromatic nitrogens is 2. The van der Waals surface area contributed by atoms with Crippen LogP contribution in [0.1, 0.15) is 30.9 Å². The topological polar surface area (TPSA) is 67.2 Å². The lowest BCUT2D eigenvalue weighted by molar-refractivity contribution is -0.122. The van der Waals surface area contributed by atoms with Crippen molar-refractivity contribution in [2.75, 3.05) is 11.9 Å². The predicted molar refractivity (Wildman–Crippen MR) is 65.2 cm³/mol. The number of rotatable bonds is 3. The Balaban J connectivity index is 1.89. The van der Waals surface area contributed by atoms with Crippen molar-refractivity contribution in [2.45, 2.75) is 37.8 Å². The largest absolute Gasteiger partial charge is 0.347 e. The van der Waals surface area contributed by atoms with Crippen LogP contribution in [0.3, 0.4) is 0 Å². The molecule has 18 heavy (non-hydrogen) atoms. The Bertz CT molecular complexity index is 492. The molecular weight excluding hydrogens is 232 g/mol. The molecule has 0 radical (unpaired) electrons. The summed E-state index contributed by atoms with van der Waals surface area (Å²) >= 11 is 0. The van der Waals surface area contributed by atoms with Crippen molar-refractivity contribution in [3.63, 3.8) is 0 Å². The number of nitrogens with zero attached hydrogens (tertiary/aromatic N) is 3. The van der Waals surface area contributed by atoms with Crippen LogP contribution < -0.4 is 10.2 Å². The Hall–Kier alpha value is -1.85. The molecule has 2 heterocycles. The lowest BCUT2D eigenvalue weighted by Crippen LogP contribution is -2.43. The Morgan fingerprint density at radius 1 is 1.44 bits per heavy atom. The van der Waals surface area contributed by atoms with Gasteiger partial charge < -0.3 is 5.32 Å². The van der Waals surface area contributed by atoms with Crippen LogP contribution in [0.2, 0.25) is 0 Å². The Kier molecular flexibility index (Phi) is 2.57. The van der Waals surface area contributed by atoms with Gasteiger partial charge >= 0.3 is 0 Å². The summed E-state index contributed by atoms with van der Waals surface area (Å²) in [6.07, 6.45) is 3.56. The first-order chi connectivity index (χ1) is 8.70. The van der Waals surface area contributed by atoms with Gasteiger partial charge in [0.1, 0.15) is 11.9 Å². The quantitative estimate of drug-likeness (QED) is 0.779. The van der Waals surface area contributed by atoms with Crippen molar-refractivity contribution >= 4 is 18.1 Å². The van der Waals surface area contributed by atoms with Crippen molar-refractivity contribution in [1.29, 1.82) is 0 Å². The van der Waals surface area contributed by atoms with E-state index in [1.807, 2.05) is 10.7 Å². The molecular formula is C12H16N4O2. The van der Waals surface area contributed by atoms with E-state index in [2.05, 4.69) is 10.4 Å². The van der Waals surface area contributed by atoms with Crippen molar-refractivity contribution in [1.82, 2.24) is 15.1 Å². The lowest BCUT2D eigenvalue weighted by atomic mass is 10.2. The molecule has 2 amide bonds. The van der Waals surface area contributed by atoms with E-state index < -0.39 is 6.04 Å². The van der Waals surface area contributed by atoms with Crippen molar-refractivity contribution < 1.29 is 9.59 Å². The van der Waals surface area contributed by atoms with Crippen LogP contribution in [-0.2, 0) is 16.1 Å². The fourth-order valence-corrected chi connectivity index (χ4v) is 2.40. The second-order valence-electron chi connectivity index (χ2n) is 4.95. The van der Waals surface area contributed by atoms with E-state index in [1.54, 1.807) is 11.9 Å². The minimum Gasteiger partial charge on any atom is -0.347 e. The molecule has 1 atom stereocenters. The molecule has 2 aliphatic rings. The van der Waals surface area contributed by atoms with Crippen LogP contribution in [0, 0.1) is 0 Å². The van der Waals surface area contributed by atoms with E-state index in [9.17, 15) is 9.59 Å². The minimum absolute atomic E-state index is 0.0805. The second kappa shape index (κ2) is 4.12. The van der Waals surface area contributed by atoms with Gasteiger partial charge in [-0.25, -0.2) is 4.68 Å². The molecule has 1 aromatic rings. The fourth-order valence-electron chi connectivity index (χ4n) is 2.40. The van der Waals surface area contributed by atoms with Crippen molar-refractivity contribution in [3.05, 3.63) is 11.8 Å². The van der Waals surface area contributed by atoms with E-state index in [0.29, 0.717) is 25.3 Å². The SMILES string of the molecule is CN1C(=O)C(NC=O)CCn2nc(C3CC3)cc21. The number of aryl methyl sites for hydroxylation is 1. The Labute approximate surface area is 105 Å². The van der Waals surface area contributed by atoms with Gasteiger partial charge in [-0.05, 0) is 19.3 Å². The molecule has 0 saturated heterocycles. The van der Waals surface area contributed by atoms with Gasteiger partial charge in [0.2, 0.25) is 6.41 Å². The number of hydrogen-bond donors (Lipinski definition) is 1. The molecule has 6 heteroatoms. The molecule has 1 aliphatic heterocycles. The van der Waals surface area contributed by atoms with E-state index in [4.69, 9.17) is 0 Å². The van der Waals surface area contributed by atoms with Gasteiger partial charge in [0.15, 0.2) is 0 Å². The molecule has 0 aromatic carbocycles. The van der Waals surface area contributed by atoms with Gasteiger partial charge in [0, 0.05) is 25.6 Å². The average molecular weight is 248 g/mol. The van der Waals surface area contributed by atoms with Gasteiger partial charge in [-0.15, -0.1) is 0 Å². The van der Waals surface area contributed by atoms with Crippen LogP contribution >= 0.6 is 0 Å². The van der Waals surface area contributed by atoms with Gasteiger partial charge in [-0.2, -0.15) is 5.10 Å². The average Bonchev–Trinajstić information content (AvgIpc) is 3.14. The Morgan fingerprint density at radius 3 is 2.89 bits per heavy atom. The van der Waals surface area contributed by atoms with Crippen LogP contribution in [0.4, 0.5) is 5.82 Å². The fraction of sp³-hybridized carbons (Fsp3) is 0.583. The molecule has 1 N–H and O–H groups in total. The summed E-state index contributed by atoms with van der Waals surface area (Å²) in [6.45, 7) is 0.656. The van der Waals surface area contributed by atoms with Gasteiger partial charge in [-0.3, -0.25) is 14.5 Å². The third-order valence-electron chi connectivity index (χ3n) is 3.64. The molecule has 1 aromatic heterocycles. The first-order valence-corrected chi connectivity index (χ1v) is 6.25. The smallest absolute Gasteiger partial charge is 0.250 e. The van der Waals surface area contributed by atoms with E-state index in [1.165, 1.54) is 12.8 Å². The van der Waals surface area contributed by atoms with E-state index in [0.717, 1.165) is 11.5 Å². The van der Waals surface area contributed by atoms with Crippen LogP contribution in [0.15, 0.2) is 6.07 Å². The number of likely N-dealkylation sites (N-methyl/N-ethyl adjacent to an activating group) is 1. The molecule has 1 aliphatic carbocycles. The highest BCUT2D eigenvalue weighted by Gasteiger charge is 2.32. The van der Waals surface area contributed by atoms with E-state index >= 15 is 0 Å². The minimum atomic E-state index is -0.446. The molecule has 1 unspecified atom stereocenters. The highest BCUT2D eigenvalue weighted by atomic mass is 16.2. The first kappa shape index (κ1) is 11.3. The summed E-state index contributed by atoms with van der Waals surface area (Å²) in [6, 6.07) is 1.55. The zero-order valence-electron chi connectivity index (χ0n) is 10.3. The molecule has 0 bridgehead atoms. The molecule has 0 spiro atoms. The van der Waals surface area contributed by atoms with Crippen LogP contribution in [0.5, 0.6) is 0 Å². The number of nitrogens with one attached hydrogen (secondary N) is 1. The number of anilines is 1. The van der Waals surface area contributed by atoms with Crippen LogP contribution in [-0.4, -0.2) is 35.2 Å². The summed E-state index contributed by atoms with van der Waals surface area (Å²) in [4.78, 5) is 24.2.